The summed E-state index contributed by atoms with van der Waals surface area (Å²) in [5, 5.41) is 8.12. The summed E-state index contributed by atoms with van der Waals surface area (Å²) < 4.78 is 5.21. The zero-order chi connectivity index (χ0) is 8.53. The van der Waals surface area contributed by atoms with E-state index in [1.54, 1.807) is 6.92 Å². The van der Waals surface area contributed by atoms with Crippen LogP contribution in [0.15, 0.2) is 0 Å². The van der Waals surface area contributed by atoms with Gasteiger partial charge in [0.05, 0.1) is 0 Å². The minimum Gasteiger partial charge on any atom is -0.424 e. The molecule has 1 aliphatic heterocycles. The van der Waals surface area contributed by atoms with Gasteiger partial charge in [0, 0.05) is 27.7 Å². The minimum absolute atomic E-state index is 0. The normalized spacial score (nSPS) is 19.4. The first-order valence-electron chi connectivity index (χ1n) is 3.99. The number of hydrogen-bond acceptors (Lipinski definition) is 2. The van der Waals surface area contributed by atoms with E-state index in [1.807, 2.05) is 0 Å². The summed E-state index contributed by atoms with van der Waals surface area (Å²) in [6.07, 6.45) is 6.83. The Hall–Kier alpha value is 0.385. The molecule has 2 nitrogen and oxygen atoms in total. The van der Waals surface area contributed by atoms with Gasteiger partial charge in [-0.05, 0) is 19.4 Å². The Balaban J connectivity index is 0. The summed E-state index contributed by atoms with van der Waals surface area (Å²) in [4.78, 5) is 0. The van der Waals surface area contributed by atoms with E-state index in [1.165, 1.54) is 18.9 Å². The van der Waals surface area contributed by atoms with Crippen molar-refractivity contribution < 1.29 is 30.6 Å². The molecule has 1 heterocycles. The van der Waals surface area contributed by atoms with Crippen LogP contribution >= 0.6 is 0 Å². The Morgan fingerprint density at radius 3 is 2.25 bits per heavy atom. The maximum atomic E-state index is 8.12. The van der Waals surface area contributed by atoms with Crippen molar-refractivity contribution in [1.29, 1.82) is 0 Å². The van der Waals surface area contributed by atoms with Crippen molar-refractivity contribution >= 4 is 9.76 Å². The van der Waals surface area contributed by atoms with E-state index in [0.717, 1.165) is 6.61 Å². The third-order valence-corrected chi connectivity index (χ3v) is 2.68. The Kier molecular flexibility index (Phi) is 14.1. The standard InChI is InChI=1S/C4H10OSi.C4H6O.Pt/c1-2-4-6-5-3-1;1-3-4(2)5;/h1-4,6H2;1,4-5H,2H3;. The van der Waals surface area contributed by atoms with Crippen molar-refractivity contribution in [1.82, 2.24) is 0 Å². The molecule has 0 spiro atoms. The number of rotatable bonds is 0. The van der Waals surface area contributed by atoms with Gasteiger partial charge in [0.2, 0.25) is 0 Å². The third-order valence-electron chi connectivity index (χ3n) is 1.32. The summed E-state index contributed by atoms with van der Waals surface area (Å²) in [7, 11) is 0.00849. The summed E-state index contributed by atoms with van der Waals surface area (Å²) in [6, 6.07) is 1.42. The van der Waals surface area contributed by atoms with Crippen LogP contribution in [0.4, 0.5) is 0 Å². The smallest absolute Gasteiger partial charge is 0.161 e. The average Bonchev–Trinajstić information content (AvgIpc) is 2.09. The zero-order valence-corrected chi connectivity index (χ0v) is 11.0. The monoisotopic (exact) mass is 367 g/mol. The summed E-state index contributed by atoms with van der Waals surface area (Å²) >= 11 is 0. The maximum Gasteiger partial charge on any atom is 0.161 e. The molecule has 1 aliphatic rings. The van der Waals surface area contributed by atoms with Gasteiger partial charge in [-0.25, -0.2) is 0 Å². The van der Waals surface area contributed by atoms with Crippen LogP contribution in [0.1, 0.15) is 19.8 Å². The number of aliphatic hydroxyl groups excluding tert-OH is 1. The summed E-state index contributed by atoms with van der Waals surface area (Å²) in [5.41, 5.74) is 0. The van der Waals surface area contributed by atoms with Crippen LogP contribution in [-0.4, -0.2) is 27.6 Å². The van der Waals surface area contributed by atoms with Crippen LogP contribution in [0.3, 0.4) is 0 Å². The first kappa shape index (κ1) is 14.9. The van der Waals surface area contributed by atoms with Gasteiger partial charge < -0.3 is 9.53 Å². The largest absolute Gasteiger partial charge is 0.424 e. The molecular weight excluding hydrogens is 351 g/mol. The van der Waals surface area contributed by atoms with Gasteiger partial charge in [-0.2, -0.15) is 0 Å². The Bertz CT molecular complexity index is 107. The van der Waals surface area contributed by atoms with Gasteiger partial charge in [0.1, 0.15) is 6.10 Å². The molecule has 74 valence electrons. The summed E-state index contributed by atoms with van der Waals surface area (Å²) in [6.45, 7) is 2.60. The second kappa shape index (κ2) is 11.4. The van der Waals surface area contributed by atoms with Crippen LogP contribution < -0.4 is 0 Å². The van der Waals surface area contributed by atoms with E-state index in [-0.39, 0.29) is 30.8 Å². The molecule has 1 fully saturated rings. The quantitative estimate of drug-likeness (QED) is 0.493. The molecule has 1 unspecified atom stereocenters. The van der Waals surface area contributed by atoms with Crippen LogP contribution in [0.5, 0.6) is 0 Å². The Labute approximate surface area is 91.3 Å². The fraction of sp³-hybridized carbons (Fsp3) is 0.750. The molecule has 0 aromatic heterocycles. The second-order valence-electron chi connectivity index (χ2n) is 2.52. The molecule has 1 atom stereocenters. The van der Waals surface area contributed by atoms with Crippen molar-refractivity contribution in [3.8, 4) is 12.3 Å². The van der Waals surface area contributed by atoms with Crippen molar-refractivity contribution in [3.63, 3.8) is 0 Å². The van der Waals surface area contributed by atoms with E-state index in [0.29, 0.717) is 0 Å². The number of terminal acetylenes is 1. The molecule has 0 aromatic carbocycles. The molecule has 4 heteroatoms. The second-order valence-corrected chi connectivity index (χ2v) is 4.04. The molecule has 0 radical (unpaired) electrons. The van der Waals surface area contributed by atoms with Gasteiger partial charge in [-0.15, -0.1) is 6.42 Å². The molecule has 0 saturated carbocycles. The van der Waals surface area contributed by atoms with Gasteiger partial charge in [0.15, 0.2) is 9.76 Å². The average molecular weight is 367 g/mol. The van der Waals surface area contributed by atoms with Crippen molar-refractivity contribution in [3.05, 3.63) is 0 Å². The fourth-order valence-corrected chi connectivity index (χ4v) is 1.86. The van der Waals surface area contributed by atoms with Gasteiger partial charge >= 0.3 is 0 Å². The van der Waals surface area contributed by atoms with Crippen LogP contribution in [0, 0.1) is 12.3 Å². The van der Waals surface area contributed by atoms with Crippen molar-refractivity contribution in [2.75, 3.05) is 6.61 Å². The maximum absolute atomic E-state index is 8.12. The van der Waals surface area contributed by atoms with Gasteiger partial charge in [0.25, 0.3) is 0 Å². The molecule has 1 N–H and O–H groups in total. The van der Waals surface area contributed by atoms with E-state index < -0.39 is 6.10 Å². The molecule has 0 aromatic rings. The number of aliphatic hydroxyl groups is 1. The minimum atomic E-state index is -0.588. The van der Waals surface area contributed by atoms with Crippen LogP contribution in [0.2, 0.25) is 6.04 Å². The molecule has 0 aliphatic carbocycles. The summed E-state index contributed by atoms with van der Waals surface area (Å²) in [5.74, 6) is 2.08. The predicted molar refractivity (Wildman–Crippen MR) is 49.1 cm³/mol. The predicted octanol–water partition coefficient (Wildman–Crippen LogP) is 0.297. The topological polar surface area (TPSA) is 29.5 Å². The van der Waals surface area contributed by atoms with Crippen LogP contribution in [0.25, 0.3) is 0 Å². The Morgan fingerprint density at radius 2 is 2.17 bits per heavy atom. The first-order valence-corrected chi connectivity index (χ1v) is 5.57. The molecular formula is C8H16O2PtSi. The van der Waals surface area contributed by atoms with Crippen molar-refractivity contribution in [2.45, 2.75) is 31.9 Å². The zero-order valence-electron chi connectivity index (χ0n) is 7.36. The van der Waals surface area contributed by atoms with E-state index in [9.17, 15) is 0 Å². The van der Waals surface area contributed by atoms with Crippen molar-refractivity contribution in [2.24, 2.45) is 0 Å². The van der Waals surface area contributed by atoms with Gasteiger partial charge in [-0.1, -0.05) is 12.3 Å². The molecule has 1 rings (SSSR count). The first-order chi connectivity index (χ1) is 5.27. The van der Waals surface area contributed by atoms with Gasteiger partial charge in [-0.3, -0.25) is 0 Å². The van der Waals surface area contributed by atoms with Crippen LogP contribution in [-0.2, 0) is 25.5 Å². The molecule has 0 bridgehead atoms. The number of hydrogen-bond donors (Lipinski definition) is 1. The third kappa shape index (κ3) is 13.0. The molecule has 0 amide bonds. The van der Waals surface area contributed by atoms with E-state index in [2.05, 4.69) is 12.3 Å². The van der Waals surface area contributed by atoms with E-state index >= 15 is 0 Å². The molecule has 12 heavy (non-hydrogen) atoms. The molecule has 1 saturated heterocycles. The Morgan fingerprint density at radius 1 is 1.58 bits per heavy atom. The van der Waals surface area contributed by atoms with E-state index in [4.69, 9.17) is 9.53 Å². The fourth-order valence-electron chi connectivity index (χ4n) is 0.687. The SMILES string of the molecule is C#CC(C)O.C1CC[SiH2]OC1.[Pt].